The first-order valence-electron chi connectivity index (χ1n) is 5.14. The lowest BCUT2D eigenvalue weighted by molar-refractivity contribution is 0.398. The van der Waals surface area contributed by atoms with Crippen LogP contribution in [0.3, 0.4) is 0 Å². The van der Waals surface area contributed by atoms with E-state index in [2.05, 4.69) is 24.0 Å². The first-order valence-corrected chi connectivity index (χ1v) is 5.14. The number of allylic oxidation sites excluding steroid dienone is 4. The molecule has 0 aromatic rings. The highest BCUT2D eigenvalue weighted by molar-refractivity contribution is 5.27. The van der Waals surface area contributed by atoms with E-state index in [1.807, 2.05) is 0 Å². The van der Waals surface area contributed by atoms with Crippen LogP contribution in [-0.2, 0) is 0 Å². The Morgan fingerprint density at radius 2 is 2.38 bits per heavy atom. The molecular weight excluding hydrogens is 160 g/mol. The van der Waals surface area contributed by atoms with Crippen LogP contribution in [0.1, 0.15) is 26.2 Å². The first kappa shape index (κ1) is 8.82. The topological polar surface area (TPSA) is 29.3 Å². The Kier molecular flexibility index (Phi) is 2.40. The molecule has 1 atom stereocenters. The molecule has 13 heavy (non-hydrogen) atoms. The zero-order valence-corrected chi connectivity index (χ0v) is 8.29. The van der Waals surface area contributed by atoms with Gasteiger partial charge in [0.1, 0.15) is 0 Å². The van der Waals surface area contributed by atoms with Crippen molar-refractivity contribution in [1.29, 1.82) is 0 Å². The van der Waals surface area contributed by atoms with Gasteiger partial charge in [-0.15, -0.1) is 0 Å². The van der Waals surface area contributed by atoms with E-state index < -0.39 is 0 Å². The summed E-state index contributed by atoms with van der Waals surface area (Å²) in [6.07, 6.45) is 8.05. The molecule has 0 bridgehead atoms. The summed E-state index contributed by atoms with van der Waals surface area (Å²) >= 11 is 0. The molecular formula is C11H18N2. The Morgan fingerprint density at radius 3 is 3.00 bits per heavy atom. The van der Waals surface area contributed by atoms with Gasteiger partial charge in [0.2, 0.25) is 0 Å². The van der Waals surface area contributed by atoms with E-state index in [4.69, 9.17) is 5.73 Å². The third-order valence-electron chi connectivity index (χ3n) is 2.98. The summed E-state index contributed by atoms with van der Waals surface area (Å²) in [5, 5.41) is 0. The van der Waals surface area contributed by atoms with Gasteiger partial charge < -0.3 is 10.6 Å². The van der Waals surface area contributed by atoms with E-state index in [1.54, 1.807) is 0 Å². The fraction of sp³-hybridized carbons (Fsp3) is 0.636. The summed E-state index contributed by atoms with van der Waals surface area (Å²) in [5.41, 5.74) is 8.85. The Hall–Kier alpha value is -0.760. The molecule has 1 heterocycles. The number of hydrogen-bond donors (Lipinski definition) is 1. The van der Waals surface area contributed by atoms with Gasteiger partial charge in [-0.2, -0.15) is 0 Å². The van der Waals surface area contributed by atoms with Crippen molar-refractivity contribution < 1.29 is 0 Å². The minimum Gasteiger partial charge on any atom is -0.373 e. The molecule has 1 unspecified atom stereocenters. The lowest BCUT2D eigenvalue weighted by Gasteiger charge is -2.25. The highest BCUT2D eigenvalue weighted by Crippen LogP contribution is 2.25. The molecule has 2 N–H and O–H groups in total. The summed E-state index contributed by atoms with van der Waals surface area (Å²) in [7, 11) is 0. The summed E-state index contributed by atoms with van der Waals surface area (Å²) < 4.78 is 0. The molecule has 1 fully saturated rings. The minimum absolute atomic E-state index is 0.395. The predicted octanol–water partition coefficient (Wildman–Crippen LogP) is 1.64. The van der Waals surface area contributed by atoms with Crippen LogP contribution in [0.2, 0.25) is 0 Å². The second-order valence-corrected chi connectivity index (χ2v) is 4.07. The highest BCUT2D eigenvalue weighted by Gasteiger charge is 2.22. The molecule has 72 valence electrons. The van der Waals surface area contributed by atoms with Gasteiger partial charge in [-0.05, 0) is 31.8 Å². The molecule has 0 spiro atoms. The van der Waals surface area contributed by atoms with Crippen LogP contribution in [-0.4, -0.2) is 24.0 Å². The number of rotatable bonds is 1. The molecule has 1 saturated heterocycles. The molecule has 1 aliphatic carbocycles. The molecule has 2 aliphatic rings. The zero-order chi connectivity index (χ0) is 9.26. The molecule has 2 heteroatoms. The normalized spacial score (nSPS) is 28.8. The average molecular weight is 178 g/mol. The molecule has 0 aromatic carbocycles. The molecule has 0 saturated carbocycles. The van der Waals surface area contributed by atoms with Crippen LogP contribution >= 0.6 is 0 Å². The van der Waals surface area contributed by atoms with Crippen molar-refractivity contribution in [1.82, 2.24) is 4.90 Å². The van der Waals surface area contributed by atoms with Crippen molar-refractivity contribution >= 4 is 0 Å². The Balaban J connectivity index is 2.11. The third kappa shape index (κ3) is 1.78. The lowest BCUT2D eigenvalue weighted by atomic mass is 10.0. The van der Waals surface area contributed by atoms with Crippen molar-refractivity contribution in [2.24, 2.45) is 5.73 Å². The Morgan fingerprint density at radius 1 is 1.54 bits per heavy atom. The van der Waals surface area contributed by atoms with Gasteiger partial charge in [0, 0.05) is 24.8 Å². The van der Waals surface area contributed by atoms with Gasteiger partial charge in [0.25, 0.3) is 0 Å². The van der Waals surface area contributed by atoms with Crippen molar-refractivity contribution in [3.63, 3.8) is 0 Å². The van der Waals surface area contributed by atoms with Gasteiger partial charge in [-0.1, -0.05) is 12.2 Å². The molecule has 0 aromatic heterocycles. The third-order valence-corrected chi connectivity index (χ3v) is 2.98. The molecule has 0 amide bonds. The maximum absolute atomic E-state index is 5.89. The van der Waals surface area contributed by atoms with Crippen LogP contribution in [0.15, 0.2) is 23.4 Å². The smallest absolute Gasteiger partial charge is 0.0327 e. The lowest BCUT2D eigenvalue weighted by Crippen LogP contribution is -2.27. The van der Waals surface area contributed by atoms with Gasteiger partial charge in [-0.3, -0.25) is 0 Å². The van der Waals surface area contributed by atoms with E-state index in [1.165, 1.54) is 24.1 Å². The summed E-state index contributed by atoms with van der Waals surface area (Å²) in [5.74, 6) is 0. The highest BCUT2D eigenvalue weighted by atomic mass is 15.2. The summed E-state index contributed by atoms with van der Waals surface area (Å²) in [6.45, 7) is 4.41. The quantitative estimate of drug-likeness (QED) is 0.661. The van der Waals surface area contributed by atoms with E-state index >= 15 is 0 Å². The zero-order valence-electron chi connectivity index (χ0n) is 8.29. The van der Waals surface area contributed by atoms with Gasteiger partial charge in [-0.25, -0.2) is 0 Å². The maximum atomic E-state index is 5.89. The second-order valence-electron chi connectivity index (χ2n) is 4.07. The van der Waals surface area contributed by atoms with Crippen molar-refractivity contribution in [3.05, 3.63) is 23.4 Å². The fourth-order valence-electron chi connectivity index (χ4n) is 2.21. The molecule has 1 aliphatic heterocycles. The monoisotopic (exact) mass is 178 g/mol. The fourth-order valence-corrected chi connectivity index (χ4v) is 2.21. The van der Waals surface area contributed by atoms with Crippen molar-refractivity contribution in [2.75, 3.05) is 13.1 Å². The van der Waals surface area contributed by atoms with E-state index in [-0.39, 0.29) is 0 Å². The maximum Gasteiger partial charge on any atom is 0.0327 e. The molecule has 0 radical (unpaired) electrons. The average Bonchev–Trinajstić information content (AvgIpc) is 2.53. The van der Waals surface area contributed by atoms with Gasteiger partial charge >= 0.3 is 0 Å². The van der Waals surface area contributed by atoms with Crippen molar-refractivity contribution in [3.8, 4) is 0 Å². The van der Waals surface area contributed by atoms with E-state index in [0.29, 0.717) is 6.04 Å². The number of nitrogens with zero attached hydrogens (tertiary/aromatic N) is 1. The predicted molar refractivity (Wildman–Crippen MR) is 55.2 cm³/mol. The largest absolute Gasteiger partial charge is 0.373 e. The second kappa shape index (κ2) is 3.54. The first-order chi connectivity index (χ1) is 6.27. The molecule has 2 nitrogen and oxygen atoms in total. The Bertz CT molecular complexity index is 253. The van der Waals surface area contributed by atoms with Gasteiger partial charge in [0.15, 0.2) is 0 Å². The van der Waals surface area contributed by atoms with E-state index in [0.717, 1.165) is 19.5 Å². The van der Waals surface area contributed by atoms with Crippen LogP contribution in [0.4, 0.5) is 0 Å². The number of nitrogens with two attached hydrogens (primary N) is 1. The van der Waals surface area contributed by atoms with E-state index in [9.17, 15) is 0 Å². The van der Waals surface area contributed by atoms with Crippen LogP contribution in [0.25, 0.3) is 0 Å². The van der Waals surface area contributed by atoms with Gasteiger partial charge in [0.05, 0.1) is 0 Å². The van der Waals surface area contributed by atoms with Crippen LogP contribution in [0.5, 0.6) is 0 Å². The minimum atomic E-state index is 0.395. The summed E-state index contributed by atoms with van der Waals surface area (Å²) in [6, 6.07) is 0.395. The standard InChI is InChI=1S/C11H18N2/c1-9-4-2-3-5-11(9)13-7-6-10(12)8-13/h2,4,10H,3,5-8,12H2,1H3. The Labute approximate surface area is 80.1 Å². The van der Waals surface area contributed by atoms with Crippen molar-refractivity contribution in [2.45, 2.75) is 32.2 Å². The summed E-state index contributed by atoms with van der Waals surface area (Å²) in [4.78, 5) is 2.46. The van der Waals surface area contributed by atoms with Crippen LogP contribution in [0, 0.1) is 0 Å². The van der Waals surface area contributed by atoms with Crippen LogP contribution < -0.4 is 5.73 Å². The SMILES string of the molecule is CC1=C(N2CCC(N)C2)CCC=C1. The molecule has 2 rings (SSSR count). The number of likely N-dealkylation sites (tertiary alicyclic amines) is 1. The number of hydrogen-bond acceptors (Lipinski definition) is 2.